The molecule has 0 bridgehead atoms. The van der Waals surface area contributed by atoms with Crippen LogP contribution >= 0.6 is 27.3 Å². The average Bonchev–Trinajstić information content (AvgIpc) is 3.20. The second-order valence-electron chi connectivity index (χ2n) is 5.53. The Morgan fingerprint density at radius 2 is 2.12 bits per heavy atom. The summed E-state index contributed by atoms with van der Waals surface area (Å²) in [7, 11) is 1.71. The van der Waals surface area contributed by atoms with E-state index in [0.717, 1.165) is 0 Å². The van der Waals surface area contributed by atoms with Gasteiger partial charge in [-0.1, -0.05) is 0 Å². The van der Waals surface area contributed by atoms with Crippen molar-refractivity contribution < 1.29 is 18.8 Å². The summed E-state index contributed by atoms with van der Waals surface area (Å²) in [6.45, 7) is 2.53. The van der Waals surface area contributed by atoms with Crippen molar-refractivity contribution in [2.45, 2.75) is 19.8 Å². The van der Waals surface area contributed by atoms with Crippen LogP contribution in [0.4, 0.5) is 5.13 Å². The zero-order chi connectivity index (χ0) is 19.1. The minimum atomic E-state index is -0.405. The maximum Gasteiger partial charge on any atom is 0.293 e. The van der Waals surface area contributed by atoms with Crippen molar-refractivity contribution in [1.82, 2.24) is 15.2 Å². The molecule has 0 aliphatic heterocycles. The van der Waals surface area contributed by atoms with Crippen LogP contribution in [0.15, 0.2) is 26.6 Å². The number of anilines is 1. The largest absolute Gasteiger partial charge is 0.444 e. The van der Waals surface area contributed by atoms with E-state index in [0.29, 0.717) is 35.0 Å². The number of furan rings is 1. The smallest absolute Gasteiger partial charge is 0.293 e. The first-order chi connectivity index (χ1) is 12.3. The van der Waals surface area contributed by atoms with Crippen molar-refractivity contribution in [3.63, 3.8) is 0 Å². The monoisotopic (exact) mass is 442 g/mol. The van der Waals surface area contributed by atoms with Gasteiger partial charge in [-0.2, -0.15) is 0 Å². The molecule has 0 saturated carbocycles. The van der Waals surface area contributed by atoms with Gasteiger partial charge in [0.05, 0.1) is 12.1 Å². The van der Waals surface area contributed by atoms with Crippen molar-refractivity contribution in [1.29, 1.82) is 0 Å². The summed E-state index contributed by atoms with van der Waals surface area (Å²) in [5, 5.41) is 7.46. The summed E-state index contributed by atoms with van der Waals surface area (Å²) >= 11 is 4.38. The van der Waals surface area contributed by atoms with E-state index in [4.69, 9.17) is 4.42 Å². The molecule has 0 unspecified atom stereocenters. The van der Waals surface area contributed by atoms with E-state index in [1.807, 2.05) is 0 Å². The number of likely N-dealkylation sites (N-methyl/N-ethyl adjacent to an activating group) is 1. The first-order valence-electron chi connectivity index (χ1n) is 7.84. The maximum atomic E-state index is 12.2. The first-order valence-corrected chi connectivity index (χ1v) is 9.52. The van der Waals surface area contributed by atoms with E-state index in [1.54, 1.807) is 29.5 Å². The van der Waals surface area contributed by atoms with E-state index < -0.39 is 5.91 Å². The highest BCUT2D eigenvalue weighted by Crippen LogP contribution is 2.19. The molecule has 0 aliphatic rings. The fraction of sp³-hybridized carbons (Fsp3) is 0.375. The predicted octanol–water partition coefficient (Wildman–Crippen LogP) is 2.28. The molecule has 0 saturated heterocycles. The molecule has 0 aromatic carbocycles. The zero-order valence-corrected chi connectivity index (χ0v) is 16.8. The molecule has 10 heteroatoms. The third-order valence-electron chi connectivity index (χ3n) is 3.37. The van der Waals surface area contributed by atoms with Crippen LogP contribution in [0.3, 0.4) is 0 Å². The third-order valence-corrected chi connectivity index (χ3v) is 4.60. The molecule has 2 rings (SSSR count). The number of carbonyl (C=O) groups is 3. The van der Waals surface area contributed by atoms with E-state index >= 15 is 0 Å². The number of aromatic nitrogens is 1. The first kappa shape index (κ1) is 20.1. The minimum Gasteiger partial charge on any atom is -0.444 e. The van der Waals surface area contributed by atoms with Gasteiger partial charge in [0.2, 0.25) is 11.8 Å². The average molecular weight is 443 g/mol. The van der Waals surface area contributed by atoms with Gasteiger partial charge < -0.3 is 14.6 Å². The highest BCUT2D eigenvalue weighted by molar-refractivity contribution is 9.10. The normalized spacial score (nSPS) is 10.4. The zero-order valence-electron chi connectivity index (χ0n) is 14.4. The molecular weight excluding hydrogens is 424 g/mol. The molecule has 0 aliphatic carbocycles. The Bertz CT molecular complexity index is 789. The molecule has 2 aromatic heterocycles. The lowest BCUT2D eigenvalue weighted by Crippen LogP contribution is -2.31. The number of nitrogens with one attached hydrogen (secondary N) is 2. The fourth-order valence-electron chi connectivity index (χ4n) is 2.04. The van der Waals surface area contributed by atoms with Gasteiger partial charge in [-0.05, 0) is 34.5 Å². The lowest BCUT2D eigenvalue weighted by atomic mass is 10.3. The van der Waals surface area contributed by atoms with E-state index in [9.17, 15) is 14.4 Å². The van der Waals surface area contributed by atoms with Crippen molar-refractivity contribution in [2.75, 3.05) is 25.5 Å². The van der Waals surface area contributed by atoms with Crippen LogP contribution in [-0.2, 0) is 16.0 Å². The van der Waals surface area contributed by atoms with Crippen molar-refractivity contribution in [3.05, 3.63) is 33.6 Å². The van der Waals surface area contributed by atoms with Gasteiger partial charge in [-0.25, -0.2) is 4.98 Å². The molecule has 2 heterocycles. The lowest BCUT2D eigenvalue weighted by molar-refractivity contribution is -0.129. The highest BCUT2D eigenvalue weighted by Gasteiger charge is 2.15. The molecular formula is C16H19BrN4O4S. The summed E-state index contributed by atoms with van der Waals surface area (Å²) in [5.41, 5.74) is 0.588. The number of hydrogen-bond acceptors (Lipinski definition) is 6. The second-order valence-corrected chi connectivity index (χ2v) is 7.17. The van der Waals surface area contributed by atoms with E-state index in [-0.39, 0.29) is 24.0 Å². The van der Waals surface area contributed by atoms with Crippen LogP contribution in [0.5, 0.6) is 0 Å². The number of nitrogens with zero attached hydrogens (tertiary/aromatic N) is 2. The Morgan fingerprint density at radius 3 is 2.77 bits per heavy atom. The number of thiazole rings is 1. The van der Waals surface area contributed by atoms with Gasteiger partial charge in [-0.3, -0.25) is 19.7 Å². The molecule has 140 valence electrons. The van der Waals surface area contributed by atoms with Gasteiger partial charge in [0.15, 0.2) is 15.6 Å². The quantitative estimate of drug-likeness (QED) is 0.610. The molecule has 0 radical (unpaired) electrons. The summed E-state index contributed by atoms with van der Waals surface area (Å²) in [4.78, 5) is 40.8. The number of rotatable bonds is 8. The van der Waals surface area contributed by atoms with Gasteiger partial charge >= 0.3 is 0 Å². The van der Waals surface area contributed by atoms with Crippen LogP contribution < -0.4 is 10.6 Å². The Hall–Kier alpha value is -2.20. The van der Waals surface area contributed by atoms with Crippen LogP contribution in [0.2, 0.25) is 0 Å². The van der Waals surface area contributed by atoms with Crippen molar-refractivity contribution in [2.24, 2.45) is 0 Å². The van der Waals surface area contributed by atoms with Crippen molar-refractivity contribution >= 4 is 50.1 Å². The number of halogens is 1. The molecule has 8 nitrogen and oxygen atoms in total. The number of carbonyl (C=O) groups excluding carboxylic acids is 3. The molecule has 2 N–H and O–H groups in total. The molecule has 0 atom stereocenters. The standard InChI is InChI=1S/C16H19BrN4O4S/c1-10(22)18-6-3-7-21(2)14(23)8-11-9-26-16(19-11)20-15(24)12-4-5-13(17)25-12/h4-5,9H,3,6-8H2,1-2H3,(H,18,22)(H,19,20,24). The summed E-state index contributed by atoms with van der Waals surface area (Å²) < 4.78 is 5.64. The third kappa shape index (κ3) is 6.26. The Labute approximate surface area is 163 Å². The Morgan fingerprint density at radius 1 is 1.35 bits per heavy atom. The van der Waals surface area contributed by atoms with Gasteiger partial charge in [0.1, 0.15) is 0 Å². The Kier molecular flexibility index (Phi) is 7.34. The maximum absolute atomic E-state index is 12.2. The number of amides is 3. The predicted molar refractivity (Wildman–Crippen MR) is 101 cm³/mol. The van der Waals surface area contributed by atoms with Crippen LogP contribution in [0, 0.1) is 0 Å². The minimum absolute atomic E-state index is 0.0778. The summed E-state index contributed by atoms with van der Waals surface area (Å²) in [6.07, 6.45) is 0.828. The van der Waals surface area contributed by atoms with Gasteiger partial charge in [-0.15, -0.1) is 11.3 Å². The summed E-state index contributed by atoms with van der Waals surface area (Å²) in [6, 6.07) is 3.18. The molecule has 26 heavy (non-hydrogen) atoms. The Balaban J connectivity index is 1.80. The fourth-order valence-corrected chi connectivity index (χ4v) is 3.05. The lowest BCUT2D eigenvalue weighted by Gasteiger charge is -2.16. The van der Waals surface area contributed by atoms with Crippen LogP contribution in [-0.4, -0.2) is 47.7 Å². The number of hydrogen-bond donors (Lipinski definition) is 2. The van der Waals surface area contributed by atoms with E-state index in [1.165, 1.54) is 18.3 Å². The van der Waals surface area contributed by atoms with Crippen molar-refractivity contribution in [3.8, 4) is 0 Å². The highest BCUT2D eigenvalue weighted by atomic mass is 79.9. The SMILES string of the molecule is CC(=O)NCCCN(C)C(=O)Cc1csc(NC(=O)c2ccc(Br)o2)n1. The van der Waals surface area contributed by atoms with E-state index in [2.05, 4.69) is 31.5 Å². The summed E-state index contributed by atoms with van der Waals surface area (Å²) in [5.74, 6) is -0.398. The van der Waals surface area contributed by atoms with Crippen LogP contribution in [0.1, 0.15) is 29.6 Å². The van der Waals surface area contributed by atoms with Crippen LogP contribution in [0.25, 0.3) is 0 Å². The van der Waals surface area contributed by atoms with Gasteiger partial charge in [0.25, 0.3) is 5.91 Å². The van der Waals surface area contributed by atoms with Gasteiger partial charge in [0, 0.05) is 32.4 Å². The second kappa shape index (κ2) is 9.48. The molecule has 0 fully saturated rings. The molecule has 0 spiro atoms. The topological polar surface area (TPSA) is 105 Å². The molecule has 3 amide bonds. The molecule has 2 aromatic rings.